The molecule has 2 fully saturated rings. The van der Waals surface area contributed by atoms with Gasteiger partial charge in [-0.05, 0) is 36.4 Å². The second-order valence-corrected chi connectivity index (χ2v) is 14.1. The monoisotopic (exact) mass is 740 g/mol. The molecule has 0 unspecified atom stereocenters. The topological polar surface area (TPSA) is 74.8 Å². The zero-order valence-electron chi connectivity index (χ0n) is 19.1. The fraction of sp³-hybridized carbons (Fsp3) is 0.250. The van der Waals surface area contributed by atoms with E-state index in [0.29, 0.717) is 10.0 Å². The zero-order chi connectivity index (χ0) is 29.7. The summed E-state index contributed by atoms with van der Waals surface area (Å²) in [6.45, 7) is -0.845. The minimum absolute atomic E-state index is 0.0281. The molecule has 6 nitrogen and oxygen atoms in total. The number of carbonyl (C=O) groups excluding carboxylic acids is 4. The van der Waals surface area contributed by atoms with Crippen molar-refractivity contribution in [3.05, 3.63) is 77.7 Å². The number of imide groups is 1. The summed E-state index contributed by atoms with van der Waals surface area (Å²) in [6, 6.07) is 7.95. The fourth-order valence-electron chi connectivity index (χ4n) is 5.19. The number of rotatable bonds is 5. The summed E-state index contributed by atoms with van der Waals surface area (Å²) in [5.41, 5.74) is -0.220. The number of halogens is 10. The number of ketones is 1. The SMILES string of the molecule is O=C(CN(C(=O)c1ccc(Cl)cc1Cl)N1C(=O)[C@@H]2[C@@H](C1=O)[C@@]1(Cl)C(Cl)=C(Cl)[C@@]2(Cl)C1(Cl)Cl)c1ccc(Cl)cc1Cl. The van der Waals surface area contributed by atoms with Gasteiger partial charge in [-0.25, -0.2) is 5.01 Å². The molecule has 2 aliphatic carbocycles. The highest BCUT2D eigenvalue weighted by Crippen LogP contribution is 2.77. The molecule has 3 amide bonds. The Morgan fingerprint density at radius 2 is 1.15 bits per heavy atom. The van der Waals surface area contributed by atoms with Gasteiger partial charge in [0, 0.05) is 15.6 Å². The number of hydrazine groups is 1. The minimum Gasteiger partial charge on any atom is -0.292 e. The van der Waals surface area contributed by atoms with Crippen LogP contribution >= 0.6 is 116 Å². The first kappa shape index (κ1) is 30.8. The number of fused-ring (bicyclic) bond motifs is 5. The third-order valence-corrected chi connectivity index (χ3v) is 12.4. The average molecular weight is 745 g/mol. The quantitative estimate of drug-likeness (QED) is 0.177. The van der Waals surface area contributed by atoms with Crippen LogP contribution in [0.5, 0.6) is 0 Å². The van der Waals surface area contributed by atoms with E-state index < -0.39 is 56.0 Å². The number of carbonyl (C=O) groups is 4. The second kappa shape index (κ2) is 10.2. The van der Waals surface area contributed by atoms with Crippen molar-refractivity contribution in [1.82, 2.24) is 10.0 Å². The molecule has 3 aliphatic rings. The Kier molecular flexibility index (Phi) is 7.88. The largest absolute Gasteiger partial charge is 0.292 e. The summed E-state index contributed by atoms with van der Waals surface area (Å²) < 4.78 is -2.19. The van der Waals surface area contributed by atoms with E-state index >= 15 is 0 Å². The van der Waals surface area contributed by atoms with Crippen molar-refractivity contribution in [2.75, 3.05) is 6.54 Å². The molecule has 0 spiro atoms. The second-order valence-electron chi connectivity index (χ2n) is 9.10. The Balaban J connectivity index is 1.62. The van der Waals surface area contributed by atoms with Gasteiger partial charge in [-0.1, -0.05) is 92.8 Å². The van der Waals surface area contributed by atoms with Gasteiger partial charge in [0.15, 0.2) is 10.1 Å². The molecule has 2 bridgehead atoms. The third kappa shape index (κ3) is 3.98. The van der Waals surface area contributed by atoms with Gasteiger partial charge < -0.3 is 0 Å². The van der Waals surface area contributed by atoms with Gasteiger partial charge in [0.25, 0.3) is 17.7 Å². The van der Waals surface area contributed by atoms with Crippen LogP contribution in [-0.2, 0) is 9.59 Å². The Morgan fingerprint density at radius 3 is 1.57 bits per heavy atom. The van der Waals surface area contributed by atoms with Gasteiger partial charge in [-0.2, -0.15) is 5.01 Å². The molecule has 2 aromatic carbocycles. The van der Waals surface area contributed by atoms with E-state index in [0.717, 1.165) is 0 Å². The molecule has 1 heterocycles. The summed E-state index contributed by atoms with van der Waals surface area (Å²) in [5, 5.41) is 0.751. The van der Waals surface area contributed by atoms with Crippen LogP contribution in [0.3, 0.4) is 0 Å². The number of alkyl halides is 4. The summed E-state index contributed by atoms with van der Waals surface area (Å²) >= 11 is 63.7. The number of allylic oxidation sites excluding steroid dienone is 2. The molecule has 4 atom stereocenters. The normalized spacial score (nSPS) is 28.4. The summed E-state index contributed by atoms with van der Waals surface area (Å²) in [5.74, 6) is -6.94. The van der Waals surface area contributed by atoms with Crippen LogP contribution in [0, 0.1) is 11.8 Å². The Labute approximate surface area is 276 Å². The highest BCUT2D eigenvalue weighted by Gasteiger charge is 2.88. The van der Waals surface area contributed by atoms with Gasteiger partial charge in [0.2, 0.25) is 0 Å². The van der Waals surface area contributed by atoms with Crippen LogP contribution in [0.4, 0.5) is 0 Å². The van der Waals surface area contributed by atoms with Crippen LogP contribution in [0.2, 0.25) is 20.1 Å². The molecule has 1 saturated carbocycles. The van der Waals surface area contributed by atoms with E-state index in [-0.39, 0.29) is 41.3 Å². The van der Waals surface area contributed by atoms with E-state index in [1.165, 1.54) is 36.4 Å². The lowest BCUT2D eigenvalue weighted by atomic mass is 9.84. The molecule has 1 aliphatic heterocycles. The van der Waals surface area contributed by atoms with Crippen molar-refractivity contribution in [3.63, 3.8) is 0 Å². The number of hydrogen-bond donors (Lipinski definition) is 0. The molecule has 40 heavy (non-hydrogen) atoms. The molecule has 1 saturated heterocycles. The van der Waals surface area contributed by atoms with Crippen molar-refractivity contribution in [2.45, 2.75) is 14.1 Å². The molecule has 5 rings (SSSR count). The molecular weight excluding hydrogens is 735 g/mol. The van der Waals surface area contributed by atoms with Gasteiger partial charge in [-0.15, -0.1) is 23.2 Å². The average Bonchev–Trinajstić information content (AvgIpc) is 3.25. The summed E-state index contributed by atoms with van der Waals surface area (Å²) in [6.07, 6.45) is 0. The Hall–Kier alpha value is -0.640. The number of nitrogens with zero attached hydrogens (tertiary/aromatic N) is 2. The number of benzene rings is 2. The molecule has 0 aromatic heterocycles. The summed E-state index contributed by atoms with van der Waals surface area (Å²) in [4.78, 5) is 50.8. The lowest BCUT2D eigenvalue weighted by Crippen LogP contribution is -2.56. The van der Waals surface area contributed by atoms with Crippen molar-refractivity contribution in [3.8, 4) is 0 Å². The number of hydrogen-bond acceptors (Lipinski definition) is 4. The van der Waals surface area contributed by atoms with Crippen LogP contribution in [0.1, 0.15) is 20.7 Å². The Morgan fingerprint density at radius 1 is 0.725 bits per heavy atom. The maximum absolute atomic E-state index is 13.9. The van der Waals surface area contributed by atoms with E-state index in [4.69, 9.17) is 116 Å². The molecule has 16 heteroatoms. The van der Waals surface area contributed by atoms with Crippen molar-refractivity contribution >= 4 is 140 Å². The van der Waals surface area contributed by atoms with Gasteiger partial charge in [-0.3, -0.25) is 19.2 Å². The first-order chi connectivity index (χ1) is 18.5. The highest BCUT2D eigenvalue weighted by atomic mass is 35.5. The predicted molar refractivity (Wildman–Crippen MR) is 157 cm³/mol. The van der Waals surface area contributed by atoms with E-state index in [1.54, 1.807) is 0 Å². The molecule has 0 radical (unpaired) electrons. The molecule has 0 N–H and O–H groups in total. The van der Waals surface area contributed by atoms with Crippen molar-refractivity contribution < 1.29 is 19.2 Å². The highest BCUT2D eigenvalue weighted by molar-refractivity contribution is 6.67. The molecule has 210 valence electrons. The van der Waals surface area contributed by atoms with E-state index in [2.05, 4.69) is 0 Å². The van der Waals surface area contributed by atoms with Crippen LogP contribution in [-0.4, -0.2) is 54.1 Å². The lowest BCUT2D eigenvalue weighted by Gasteiger charge is -2.37. The van der Waals surface area contributed by atoms with Gasteiger partial charge in [0.05, 0.1) is 37.5 Å². The van der Waals surface area contributed by atoms with E-state index in [1.807, 2.05) is 0 Å². The van der Waals surface area contributed by atoms with Crippen molar-refractivity contribution in [1.29, 1.82) is 0 Å². The van der Waals surface area contributed by atoms with Crippen LogP contribution in [0.15, 0.2) is 46.5 Å². The molecular formula is C24H10Cl10N2O4. The minimum atomic E-state index is -2.19. The zero-order valence-corrected chi connectivity index (χ0v) is 26.7. The van der Waals surface area contributed by atoms with Crippen LogP contribution < -0.4 is 0 Å². The maximum atomic E-state index is 13.9. The number of Topliss-reactive ketones (excluding diaryl/α,β-unsaturated/α-hetero) is 1. The van der Waals surface area contributed by atoms with Gasteiger partial charge in [0.1, 0.15) is 16.3 Å². The first-order valence-electron chi connectivity index (χ1n) is 11.0. The van der Waals surface area contributed by atoms with Crippen molar-refractivity contribution in [2.24, 2.45) is 11.8 Å². The molecule has 2 aromatic rings. The smallest absolute Gasteiger partial charge is 0.274 e. The van der Waals surface area contributed by atoms with Crippen LogP contribution in [0.25, 0.3) is 0 Å². The maximum Gasteiger partial charge on any atom is 0.274 e. The standard InChI is InChI=1S/C24H10Cl10N2O4/c25-8-1-3-10(12(27)5-8)14(37)7-35(19(38)11-4-2-9(26)6-13(11)28)36-20(39)15-16(21(36)40)23(32)18(30)17(29)22(15,31)24(23,33)34/h1-6,15-16H,7H2/t15-,16-,22+,23+/m0/s1. The third-order valence-electron chi connectivity index (χ3n) is 7.05. The Bertz CT molecular complexity index is 1530. The lowest BCUT2D eigenvalue weighted by molar-refractivity contribution is -0.154. The first-order valence-corrected chi connectivity index (χ1v) is 14.7. The number of amides is 3. The van der Waals surface area contributed by atoms with E-state index in [9.17, 15) is 19.2 Å². The van der Waals surface area contributed by atoms with Gasteiger partial charge >= 0.3 is 0 Å². The summed E-state index contributed by atoms with van der Waals surface area (Å²) in [7, 11) is 0. The predicted octanol–water partition coefficient (Wildman–Crippen LogP) is 7.99. The fourth-order valence-corrected chi connectivity index (χ4v) is 9.12.